The summed E-state index contributed by atoms with van der Waals surface area (Å²) in [5.74, 6) is 0.947. The van der Waals surface area contributed by atoms with Crippen LogP contribution in [0.25, 0.3) is 5.52 Å². The minimum atomic E-state index is 0.931. The molecular weight excluding hydrogens is 290 g/mol. The summed E-state index contributed by atoms with van der Waals surface area (Å²) < 4.78 is 2.24. The van der Waals surface area contributed by atoms with Crippen molar-refractivity contribution >= 4 is 17.3 Å². The summed E-state index contributed by atoms with van der Waals surface area (Å²) in [6, 6.07) is 13.0. The molecule has 22 heavy (non-hydrogen) atoms. The van der Waals surface area contributed by atoms with Crippen LogP contribution in [-0.2, 0) is 12.3 Å². The Labute approximate surface area is 136 Å². The summed E-state index contributed by atoms with van der Waals surface area (Å²) >= 11 is 1.80. The zero-order valence-electron chi connectivity index (χ0n) is 13.3. The molecule has 0 amide bonds. The van der Waals surface area contributed by atoms with E-state index in [1.165, 1.54) is 22.3 Å². The van der Waals surface area contributed by atoms with E-state index in [2.05, 4.69) is 71.7 Å². The van der Waals surface area contributed by atoms with Crippen molar-refractivity contribution < 1.29 is 0 Å². The Balaban J connectivity index is 1.83. The van der Waals surface area contributed by atoms with Crippen molar-refractivity contribution in [1.82, 2.24) is 14.3 Å². The Morgan fingerprint density at radius 3 is 2.82 bits per heavy atom. The summed E-state index contributed by atoms with van der Waals surface area (Å²) in [4.78, 5) is 6.75. The van der Waals surface area contributed by atoms with Gasteiger partial charge in [0.05, 0.1) is 5.52 Å². The second-order valence-electron chi connectivity index (χ2n) is 5.83. The van der Waals surface area contributed by atoms with Crippen LogP contribution < -0.4 is 0 Å². The second-order valence-corrected chi connectivity index (χ2v) is 6.79. The van der Waals surface area contributed by atoms with Crippen LogP contribution in [-0.4, -0.2) is 28.4 Å². The highest BCUT2D eigenvalue weighted by Gasteiger charge is 2.08. The summed E-state index contributed by atoms with van der Waals surface area (Å²) in [7, 11) is 4.18. The number of benzene rings is 1. The highest BCUT2D eigenvalue weighted by atomic mass is 32.2. The lowest BCUT2D eigenvalue weighted by atomic mass is 10.2. The van der Waals surface area contributed by atoms with Gasteiger partial charge in [0.15, 0.2) is 0 Å². The minimum absolute atomic E-state index is 0.931. The van der Waals surface area contributed by atoms with Crippen LogP contribution in [0.3, 0.4) is 0 Å². The SMILES string of the molecule is Cc1cccc(CSc2nccn3c(CN(C)C)ccc23)c1. The maximum absolute atomic E-state index is 4.57. The largest absolute Gasteiger partial charge is 0.316 e. The molecule has 0 N–H and O–H groups in total. The fraction of sp³-hybridized carbons (Fsp3) is 0.278. The molecule has 0 saturated carbocycles. The standard InChI is InChI=1S/C18H21N3S/c1-14-5-4-6-15(11-14)13-22-18-17-8-7-16(12-20(2)3)21(17)10-9-19-18/h4-11H,12-13H2,1-3H3. The molecule has 0 aliphatic carbocycles. The fourth-order valence-electron chi connectivity index (χ4n) is 2.59. The Hall–Kier alpha value is -1.78. The summed E-state index contributed by atoms with van der Waals surface area (Å²) in [5, 5.41) is 1.09. The molecule has 0 saturated heterocycles. The molecule has 3 nitrogen and oxygen atoms in total. The Morgan fingerprint density at radius 1 is 1.18 bits per heavy atom. The maximum Gasteiger partial charge on any atom is 0.120 e. The van der Waals surface area contributed by atoms with Gasteiger partial charge in [-0.15, -0.1) is 0 Å². The number of hydrogen-bond acceptors (Lipinski definition) is 3. The van der Waals surface area contributed by atoms with Crippen LogP contribution in [0.2, 0.25) is 0 Å². The zero-order chi connectivity index (χ0) is 15.5. The van der Waals surface area contributed by atoms with Gasteiger partial charge in [-0.1, -0.05) is 41.6 Å². The monoisotopic (exact) mass is 311 g/mol. The number of thioether (sulfide) groups is 1. The highest BCUT2D eigenvalue weighted by molar-refractivity contribution is 7.98. The van der Waals surface area contributed by atoms with Crippen molar-refractivity contribution in [3.8, 4) is 0 Å². The predicted octanol–water partition coefficient (Wildman–Crippen LogP) is 4.00. The lowest BCUT2D eigenvalue weighted by molar-refractivity contribution is 0.395. The molecule has 4 heteroatoms. The Morgan fingerprint density at radius 2 is 2.05 bits per heavy atom. The third-order valence-corrected chi connectivity index (χ3v) is 4.63. The average molecular weight is 311 g/mol. The smallest absolute Gasteiger partial charge is 0.120 e. The van der Waals surface area contributed by atoms with Crippen LogP contribution in [0, 0.1) is 6.92 Å². The van der Waals surface area contributed by atoms with E-state index < -0.39 is 0 Å². The molecule has 0 atom stereocenters. The Kier molecular flexibility index (Phi) is 4.50. The van der Waals surface area contributed by atoms with Gasteiger partial charge in [-0.05, 0) is 38.7 Å². The van der Waals surface area contributed by atoms with Crippen LogP contribution in [0.4, 0.5) is 0 Å². The van der Waals surface area contributed by atoms with Gasteiger partial charge in [0.2, 0.25) is 0 Å². The molecule has 114 valence electrons. The lowest BCUT2D eigenvalue weighted by Gasteiger charge is -2.10. The number of hydrogen-bond donors (Lipinski definition) is 0. The predicted molar refractivity (Wildman–Crippen MR) is 93.3 cm³/mol. The highest BCUT2D eigenvalue weighted by Crippen LogP contribution is 2.26. The normalized spacial score (nSPS) is 11.5. The van der Waals surface area contributed by atoms with E-state index in [4.69, 9.17) is 0 Å². The first-order valence-corrected chi connectivity index (χ1v) is 8.40. The molecule has 2 heterocycles. The van der Waals surface area contributed by atoms with Gasteiger partial charge < -0.3 is 9.30 Å². The van der Waals surface area contributed by atoms with Crippen molar-refractivity contribution in [2.45, 2.75) is 24.2 Å². The molecular formula is C18H21N3S. The van der Waals surface area contributed by atoms with E-state index in [0.29, 0.717) is 0 Å². The average Bonchev–Trinajstić information content (AvgIpc) is 2.88. The third-order valence-electron chi connectivity index (χ3n) is 3.57. The van der Waals surface area contributed by atoms with Crippen molar-refractivity contribution in [1.29, 1.82) is 0 Å². The number of fused-ring (bicyclic) bond motifs is 1. The van der Waals surface area contributed by atoms with Crippen LogP contribution in [0.5, 0.6) is 0 Å². The number of rotatable bonds is 5. The van der Waals surface area contributed by atoms with E-state index in [9.17, 15) is 0 Å². The molecule has 0 fully saturated rings. The van der Waals surface area contributed by atoms with Gasteiger partial charge >= 0.3 is 0 Å². The third kappa shape index (κ3) is 3.34. The topological polar surface area (TPSA) is 20.5 Å². The van der Waals surface area contributed by atoms with Crippen LogP contribution in [0.15, 0.2) is 53.8 Å². The van der Waals surface area contributed by atoms with Crippen molar-refractivity contribution in [3.63, 3.8) is 0 Å². The summed E-state index contributed by atoms with van der Waals surface area (Å²) in [5.41, 5.74) is 5.13. The molecule has 3 rings (SSSR count). The molecule has 3 aromatic rings. The second kappa shape index (κ2) is 6.55. The molecule has 0 aliphatic heterocycles. The number of aromatic nitrogens is 2. The van der Waals surface area contributed by atoms with E-state index in [1.54, 1.807) is 11.8 Å². The van der Waals surface area contributed by atoms with Crippen molar-refractivity contribution in [3.05, 3.63) is 65.6 Å². The van der Waals surface area contributed by atoms with E-state index >= 15 is 0 Å². The van der Waals surface area contributed by atoms with Crippen LogP contribution >= 0.6 is 11.8 Å². The molecule has 0 spiro atoms. The lowest BCUT2D eigenvalue weighted by Crippen LogP contribution is -2.12. The number of aryl methyl sites for hydroxylation is 1. The van der Waals surface area contributed by atoms with Crippen molar-refractivity contribution in [2.24, 2.45) is 0 Å². The summed E-state index contributed by atoms with van der Waals surface area (Å²) in [6.45, 7) is 3.06. The molecule has 0 unspecified atom stereocenters. The van der Waals surface area contributed by atoms with E-state index in [-0.39, 0.29) is 0 Å². The molecule has 1 aromatic carbocycles. The number of nitrogens with zero attached hydrogens (tertiary/aromatic N) is 3. The first-order valence-electron chi connectivity index (χ1n) is 7.41. The van der Waals surface area contributed by atoms with Gasteiger partial charge in [-0.2, -0.15) is 0 Å². The van der Waals surface area contributed by atoms with Gasteiger partial charge in [0, 0.05) is 30.4 Å². The minimum Gasteiger partial charge on any atom is -0.316 e. The van der Waals surface area contributed by atoms with Gasteiger partial charge in [0.1, 0.15) is 5.03 Å². The maximum atomic E-state index is 4.57. The van der Waals surface area contributed by atoms with E-state index in [1.807, 2.05) is 12.4 Å². The van der Waals surface area contributed by atoms with Crippen LogP contribution in [0.1, 0.15) is 16.8 Å². The summed E-state index contributed by atoms with van der Waals surface area (Å²) in [6.07, 6.45) is 3.94. The molecule has 0 radical (unpaired) electrons. The van der Waals surface area contributed by atoms with Gasteiger partial charge in [-0.25, -0.2) is 4.98 Å². The Bertz CT molecular complexity index is 777. The molecule has 0 bridgehead atoms. The quantitative estimate of drug-likeness (QED) is 0.664. The molecule has 0 aliphatic rings. The van der Waals surface area contributed by atoms with E-state index in [0.717, 1.165) is 17.3 Å². The van der Waals surface area contributed by atoms with Crippen molar-refractivity contribution in [2.75, 3.05) is 14.1 Å². The molecule has 2 aromatic heterocycles. The van der Waals surface area contributed by atoms with Gasteiger partial charge in [0.25, 0.3) is 0 Å². The fourth-order valence-corrected chi connectivity index (χ4v) is 3.52. The first-order chi connectivity index (χ1) is 10.6. The van der Waals surface area contributed by atoms with Gasteiger partial charge in [-0.3, -0.25) is 0 Å². The zero-order valence-corrected chi connectivity index (χ0v) is 14.1. The first kappa shape index (κ1) is 15.1.